The van der Waals surface area contributed by atoms with Gasteiger partial charge in [-0.15, -0.1) is 0 Å². The number of amides is 1. The molecule has 0 heterocycles. The largest absolute Gasteiger partial charge is 0.493 e. The van der Waals surface area contributed by atoms with Crippen molar-refractivity contribution in [2.24, 2.45) is 5.92 Å². The zero-order chi connectivity index (χ0) is 29.4. The number of sulfonamides is 1. The number of hydrogen-bond acceptors (Lipinski definition) is 8. The number of carbonyl (C=O) groups is 2. The van der Waals surface area contributed by atoms with Crippen molar-refractivity contribution in [3.8, 4) is 11.5 Å². The molecule has 0 aliphatic heterocycles. The summed E-state index contributed by atoms with van der Waals surface area (Å²) < 4.78 is 38.8. The van der Waals surface area contributed by atoms with Gasteiger partial charge in [0.2, 0.25) is 15.9 Å². The summed E-state index contributed by atoms with van der Waals surface area (Å²) in [5, 5.41) is 13.0. The van der Waals surface area contributed by atoms with Crippen LogP contribution in [0.5, 0.6) is 11.5 Å². The number of hydrogen-bond donors (Lipinski definition) is 3. The van der Waals surface area contributed by atoms with Crippen molar-refractivity contribution in [2.75, 3.05) is 39.6 Å². The Labute approximate surface area is 232 Å². The Morgan fingerprint density at radius 2 is 1.74 bits per heavy atom. The highest BCUT2D eigenvalue weighted by molar-refractivity contribution is 7.89. The number of unbranched alkanes of at least 4 members (excludes halogenated alkanes) is 1. The molecule has 10 nitrogen and oxygen atoms in total. The van der Waals surface area contributed by atoms with E-state index >= 15 is 0 Å². The molecule has 0 bridgehead atoms. The molecule has 2 aromatic rings. The lowest BCUT2D eigenvalue weighted by Gasteiger charge is -2.31. The maximum atomic E-state index is 13.3. The van der Waals surface area contributed by atoms with Gasteiger partial charge in [-0.2, -0.15) is 4.31 Å². The molecule has 2 rings (SSSR count). The fourth-order valence-electron chi connectivity index (χ4n) is 4.12. The van der Waals surface area contributed by atoms with Crippen molar-refractivity contribution in [3.05, 3.63) is 48.0 Å². The van der Waals surface area contributed by atoms with Crippen LogP contribution in [0.2, 0.25) is 0 Å². The number of para-hydroxylation sites is 1. The van der Waals surface area contributed by atoms with Crippen LogP contribution < -0.4 is 20.5 Å². The molecule has 0 radical (unpaired) electrons. The minimum Gasteiger partial charge on any atom is -0.493 e. The summed E-state index contributed by atoms with van der Waals surface area (Å²) in [6.07, 6.45) is 2.63. The van der Waals surface area contributed by atoms with Gasteiger partial charge in [-0.25, -0.2) is 8.42 Å². The molecule has 0 aliphatic rings. The molecular formula is C28H43N3O7S. The predicted octanol–water partition coefficient (Wildman–Crippen LogP) is 3.03. The third-order valence-corrected chi connectivity index (χ3v) is 7.97. The van der Waals surface area contributed by atoms with Crippen molar-refractivity contribution in [2.45, 2.75) is 56.9 Å². The summed E-state index contributed by atoms with van der Waals surface area (Å²) in [7, 11) is -0.648. The van der Waals surface area contributed by atoms with Crippen LogP contribution in [0.25, 0.3) is 0 Å². The van der Waals surface area contributed by atoms with Crippen molar-refractivity contribution in [3.63, 3.8) is 0 Å². The van der Waals surface area contributed by atoms with Gasteiger partial charge in [0, 0.05) is 31.2 Å². The standard InChI is InChI=1S/C27H41N3O6S.CH2O/c1-20(2)18-30(37(33,34)24-14-12-22(28)13-15-24)23(19-31)9-5-6-17-29-26(32)16-11-21-8-7-10-25(35-3)27(21)36-4;1-2/h7-8,10,12-15,20,23,31H,5-6,9,11,16-19,28H2,1-4H3,(H,29,32);1H2/t23-;/m0./s1. The molecule has 0 saturated carbocycles. The Hall–Kier alpha value is -3.15. The van der Waals surface area contributed by atoms with Crippen LogP contribution in [0.15, 0.2) is 47.4 Å². The van der Waals surface area contributed by atoms with Crippen molar-refractivity contribution in [1.29, 1.82) is 0 Å². The Balaban J connectivity index is 0.00000371. The van der Waals surface area contributed by atoms with Crippen LogP contribution >= 0.6 is 0 Å². The van der Waals surface area contributed by atoms with Gasteiger partial charge < -0.3 is 30.4 Å². The van der Waals surface area contributed by atoms with Crippen molar-refractivity contribution < 1.29 is 32.6 Å². The smallest absolute Gasteiger partial charge is 0.243 e. The van der Waals surface area contributed by atoms with Gasteiger partial charge in [0.15, 0.2) is 11.5 Å². The van der Waals surface area contributed by atoms with E-state index in [1.54, 1.807) is 26.4 Å². The number of carbonyl (C=O) groups excluding carboxylic acids is 2. The third kappa shape index (κ3) is 10.5. The SMILES string of the molecule is C=O.COc1cccc(CCC(=O)NCCCC[C@@H](CO)N(CC(C)C)S(=O)(=O)c2ccc(N)cc2)c1OC. The van der Waals surface area contributed by atoms with E-state index in [9.17, 15) is 18.3 Å². The molecule has 0 spiro atoms. The minimum atomic E-state index is -3.80. The van der Waals surface area contributed by atoms with Crippen molar-refractivity contribution >= 4 is 28.4 Å². The van der Waals surface area contributed by atoms with Crippen LogP contribution in [-0.4, -0.2) is 70.5 Å². The van der Waals surface area contributed by atoms with Crippen LogP contribution in [0, 0.1) is 5.92 Å². The number of methoxy groups -OCH3 is 2. The van der Waals surface area contributed by atoms with Gasteiger partial charge in [0.25, 0.3) is 0 Å². The fraction of sp³-hybridized carbons (Fsp3) is 0.500. The Morgan fingerprint density at radius 3 is 2.31 bits per heavy atom. The maximum Gasteiger partial charge on any atom is 0.243 e. The number of benzene rings is 2. The van der Waals surface area contributed by atoms with Crippen molar-refractivity contribution in [1.82, 2.24) is 9.62 Å². The van der Waals surface area contributed by atoms with E-state index in [0.29, 0.717) is 62.4 Å². The number of nitrogens with one attached hydrogen (secondary N) is 1. The second kappa shape index (κ2) is 17.4. The number of aliphatic hydroxyl groups is 1. The van der Waals surface area contributed by atoms with Gasteiger partial charge in [0.1, 0.15) is 6.79 Å². The third-order valence-electron chi connectivity index (χ3n) is 6.04. The number of nitrogens with zero attached hydrogens (tertiary/aromatic N) is 1. The van der Waals surface area contributed by atoms with E-state index in [1.807, 2.05) is 38.8 Å². The van der Waals surface area contributed by atoms with Crippen LogP contribution in [0.3, 0.4) is 0 Å². The maximum absolute atomic E-state index is 13.3. The Morgan fingerprint density at radius 1 is 1.08 bits per heavy atom. The second-order valence-corrected chi connectivity index (χ2v) is 11.3. The molecule has 0 aromatic heterocycles. The normalized spacial score (nSPS) is 12.0. The zero-order valence-corrected chi connectivity index (χ0v) is 24.2. The molecule has 1 amide bonds. The van der Waals surface area contributed by atoms with E-state index in [2.05, 4.69) is 5.32 Å². The topological polar surface area (TPSA) is 148 Å². The molecule has 0 saturated heterocycles. The highest BCUT2D eigenvalue weighted by Crippen LogP contribution is 2.31. The average Bonchev–Trinajstić information content (AvgIpc) is 2.93. The minimum absolute atomic E-state index is 0.0732. The Kier molecular flexibility index (Phi) is 15.1. The first kappa shape index (κ1) is 33.9. The lowest BCUT2D eigenvalue weighted by molar-refractivity contribution is -0.121. The molecule has 4 N–H and O–H groups in total. The van der Waals surface area contributed by atoms with Gasteiger partial charge in [-0.05, 0) is 61.1 Å². The summed E-state index contributed by atoms with van der Waals surface area (Å²) in [6.45, 7) is 6.37. The first-order valence-electron chi connectivity index (χ1n) is 12.9. The average molecular weight is 566 g/mol. The van der Waals surface area contributed by atoms with Gasteiger partial charge >= 0.3 is 0 Å². The number of anilines is 1. The number of aryl methyl sites for hydroxylation is 1. The highest BCUT2D eigenvalue weighted by atomic mass is 32.2. The lowest BCUT2D eigenvalue weighted by Crippen LogP contribution is -2.44. The number of rotatable bonds is 16. The summed E-state index contributed by atoms with van der Waals surface area (Å²) in [5.41, 5.74) is 7.09. The lowest BCUT2D eigenvalue weighted by atomic mass is 10.1. The van der Waals surface area contributed by atoms with Crippen LogP contribution in [0.4, 0.5) is 5.69 Å². The van der Waals surface area contributed by atoms with E-state index in [1.165, 1.54) is 16.4 Å². The summed E-state index contributed by atoms with van der Waals surface area (Å²) in [5.74, 6) is 1.27. The molecule has 0 aliphatic carbocycles. The Bertz CT molecular complexity index is 1110. The second-order valence-electron chi connectivity index (χ2n) is 9.37. The molecule has 2 aromatic carbocycles. The number of nitrogen functional groups attached to an aromatic ring is 1. The number of aliphatic hydroxyl groups excluding tert-OH is 1. The van der Waals surface area contributed by atoms with E-state index in [0.717, 1.165) is 5.56 Å². The zero-order valence-electron chi connectivity index (χ0n) is 23.4. The molecule has 11 heteroatoms. The van der Waals surface area contributed by atoms with Gasteiger partial charge in [-0.1, -0.05) is 32.4 Å². The molecular weight excluding hydrogens is 522 g/mol. The van der Waals surface area contributed by atoms with Crippen LogP contribution in [-0.2, 0) is 26.0 Å². The first-order valence-corrected chi connectivity index (χ1v) is 14.3. The summed E-state index contributed by atoms with van der Waals surface area (Å²) in [4.78, 5) is 20.5. The van der Waals surface area contributed by atoms with Gasteiger partial charge in [0.05, 0.1) is 25.7 Å². The van der Waals surface area contributed by atoms with E-state index < -0.39 is 16.1 Å². The predicted molar refractivity (Wildman–Crippen MR) is 152 cm³/mol. The quantitative estimate of drug-likeness (QED) is 0.208. The monoisotopic (exact) mass is 565 g/mol. The first-order chi connectivity index (χ1) is 18.6. The van der Waals surface area contributed by atoms with E-state index in [4.69, 9.17) is 20.0 Å². The molecule has 1 atom stereocenters. The fourth-order valence-corrected chi connectivity index (χ4v) is 5.93. The number of ether oxygens (including phenoxy) is 2. The molecule has 218 valence electrons. The molecule has 0 unspecified atom stereocenters. The molecule has 39 heavy (non-hydrogen) atoms. The summed E-state index contributed by atoms with van der Waals surface area (Å²) >= 11 is 0. The van der Waals surface area contributed by atoms with Crippen LogP contribution in [0.1, 0.15) is 45.1 Å². The van der Waals surface area contributed by atoms with E-state index in [-0.39, 0.29) is 23.3 Å². The number of nitrogens with two attached hydrogens (primary N) is 1. The molecule has 0 fully saturated rings. The summed E-state index contributed by atoms with van der Waals surface area (Å²) in [6, 6.07) is 11.1. The van der Waals surface area contributed by atoms with Gasteiger partial charge in [-0.3, -0.25) is 4.79 Å². The highest BCUT2D eigenvalue weighted by Gasteiger charge is 2.31.